The van der Waals surface area contributed by atoms with E-state index in [2.05, 4.69) is 52.1 Å². The summed E-state index contributed by atoms with van der Waals surface area (Å²) in [5, 5.41) is 3.62. The van der Waals surface area contributed by atoms with Crippen molar-refractivity contribution in [3.05, 3.63) is 29.6 Å². The van der Waals surface area contributed by atoms with Crippen LogP contribution >= 0.6 is 0 Å². The van der Waals surface area contributed by atoms with E-state index < -0.39 is 0 Å². The second-order valence-corrected chi connectivity index (χ2v) is 7.91. The molecule has 0 fully saturated rings. The van der Waals surface area contributed by atoms with Crippen LogP contribution in [-0.2, 0) is 6.42 Å². The van der Waals surface area contributed by atoms with Crippen LogP contribution in [0, 0.1) is 5.41 Å². The summed E-state index contributed by atoms with van der Waals surface area (Å²) in [5.41, 5.74) is 3.35. The van der Waals surface area contributed by atoms with Crippen molar-refractivity contribution in [2.24, 2.45) is 5.41 Å². The Morgan fingerprint density at radius 1 is 1.25 bits per heavy atom. The molecule has 2 nitrogen and oxygen atoms in total. The van der Waals surface area contributed by atoms with E-state index in [0.717, 1.165) is 6.54 Å². The third-order valence-corrected chi connectivity index (χ3v) is 4.56. The highest BCUT2D eigenvalue weighted by Crippen LogP contribution is 2.44. The summed E-state index contributed by atoms with van der Waals surface area (Å²) >= 11 is 0. The van der Waals surface area contributed by atoms with E-state index in [1.165, 1.54) is 36.9 Å². The van der Waals surface area contributed by atoms with Crippen LogP contribution in [0.2, 0.25) is 0 Å². The highest BCUT2D eigenvalue weighted by molar-refractivity contribution is 5.27. The van der Waals surface area contributed by atoms with Crippen LogP contribution in [-0.4, -0.2) is 17.1 Å². The predicted octanol–water partition coefficient (Wildman–Crippen LogP) is 4.31. The molecule has 1 atom stereocenters. The number of aryl methyl sites for hydroxylation is 1. The molecule has 0 amide bonds. The van der Waals surface area contributed by atoms with Crippen LogP contribution in [0.15, 0.2) is 18.3 Å². The van der Waals surface area contributed by atoms with Gasteiger partial charge in [0.05, 0.1) is 0 Å². The zero-order valence-corrected chi connectivity index (χ0v) is 13.8. The first kappa shape index (κ1) is 15.5. The Morgan fingerprint density at radius 3 is 2.70 bits per heavy atom. The minimum absolute atomic E-state index is 0.207. The zero-order chi connectivity index (χ0) is 14.8. The van der Waals surface area contributed by atoms with Crippen LogP contribution < -0.4 is 5.32 Å². The maximum Gasteiger partial charge on any atom is 0.0471 e. The molecule has 112 valence electrons. The minimum atomic E-state index is 0.207. The number of fused-ring (bicyclic) bond motifs is 1. The van der Waals surface area contributed by atoms with Gasteiger partial charge in [-0.1, -0.05) is 19.9 Å². The summed E-state index contributed by atoms with van der Waals surface area (Å²) in [6, 6.07) is 4.34. The van der Waals surface area contributed by atoms with Crippen molar-refractivity contribution in [2.75, 3.05) is 6.54 Å². The van der Waals surface area contributed by atoms with Crippen LogP contribution in [0.4, 0.5) is 0 Å². The molecule has 0 bridgehead atoms. The van der Waals surface area contributed by atoms with E-state index in [1.807, 2.05) is 6.20 Å². The maximum absolute atomic E-state index is 4.70. The normalized spacial score (nSPS) is 19.8. The molecule has 1 aromatic heterocycles. The molecule has 1 heterocycles. The summed E-state index contributed by atoms with van der Waals surface area (Å²) in [5.74, 6) is 0.606. The van der Waals surface area contributed by atoms with Crippen molar-refractivity contribution in [3.63, 3.8) is 0 Å². The number of nitrogens with zero attached hydrogens (tertiary/aromatic N) is 1. The topological polar surface area (TPSA) is 24.9 Å². The van der Waals surface area contributed by atoms with Gasteiger partial charge in [-0.15, -0.1) is 0 Å². The molecule has 1 unspecified atom stereocenters. The summed E-state index contributed by atoms with van der Waals surface area (Å²) in [6.07, 6.45) is 6.95. The van der Waals surface area contributed by atoms with Crippen molar-refractivity contribution in [1.29, 1.82) is 0 Å². The van der Waals surface area contributed by atoms with Crippen molar-refractivity contribution < 1.29 is 0 Å². The van der Waals surface area contributed by atoms with E-state index >= 15 is 0 Å². The van der Waals surface area contributed by atoms with Gasteiger partial charge in [0.1, 0.15) is 0 Å². The monoisotopic (exact) mass is 274 g/mol. The SMILES string of the molecule is CC(C)(C)NCCC(C)(C)C1CCCc2cccnc21. The maximum atomic E-state index is 4.70. The first-order valence-corrected chi connectivity index (χ1v) is 7.98. The number of hydrogen-bond donors (Lipinski definition) is 1. The fraction of sp³-hybridized carbons (Fsp3) is 0.722. The Bertz CT molecular complexity index is 443. The van der Waals surface area contributed by atoms with Crippen LogP contribution in [0.25, 0.3) is 0 Å². The number of hydrogen-bond acceptors (Lipinski definition) is 2. The largest absolute Gasteiger partial charge is 0.312 e. The average Bonchev–Trinajstić information content (AvgIpc) is 2.36. The van der Waals surface area contributed by atoms with Crippen LogP contribution in [0.5, 0.6) is 0 Å². The van der Waals surface area contributed by atoms with Crippen molar-refractivity contribution in [2.45, 2.75) is 71.8 Å². The average molecular weight is 274 g/mol. The van der Waals surface area contributed by atoms with E-state index in [4.69, 9.17) is 4.98 Å². The first-order valence-electron chi connectivity index (χ1n) is 7.98. The molecule has 1 aliphatic carbocycles. The fourth-order valence-electron chi connectivity index (χ4n) is 3.30. The van der Waals surface area contributed by atoms with E-state index in [-0.39, 0.29) is 5.54 Å². The quantitative estimate of drug-likeness (QED) is 0.885. The van der Waals surface area contributed by atoms with Gasteiger partial charge in [0.15, 0.2) is 0 Å². The molecule has 2 heteroatoms. The van der Waals surface area contributed by atoms with Crippen molar-refractivity contribution in [3.8, 4) is 0 Å². The lowest BCUT2D eigenvalue weighted by Crippen LogP contribution is -2.39. The zero-order valence-electron chi connectivity index (χ0n) is 13.8. The molecular formula is C18H30N2. The van der Waals surface area contributed by atoms with Crippen LogP contribution in [0.1, 0.15) is 71.1 Å². The lowest BCUT2D eigenvalue weighted by molar-refractivity contribution is 0.224. The van der Waals surface area contributed by atoms with Gasteiger partial charge in [-0.05, 0) is 70.0 Å². The molecule has 0 saturated carbocycles. The van der Waals surface area contributed by atoms with Gasteiger partial charge in [-0.3, -0.25) is 4.98 Å². The van der Waals surface area contributed by atoms with Crippen molar-refractivity contribution >= 4 is 0 Å². The fourth-order valence-corrected chi connectivity index (χ4v) is 3.30. The number of rotatable bonds is 4. The van der Waals surface area contributed by atoms with Gasteiger partial charge in [0.2, 0.25) is 0 Å². The molecule has 2 rings (SSSR count). The number of nitrogens with one attached hydrogen (secondary N) is 1. The summed E-state index contributed by atoms with van der Waals surface area (Å²) in [6.45, 7) is 12.6. The van der Waals surface area contributed by atoms with Gasteiger partial charge < -0.3 is 5.32 Å². The second-order valence-electron chi connectivity index (χ2n) is 7.91. The Balaban J connectivity index is 2.06. The molecule has 1 aromatic rings. The smallest absolute Gasteiger partial charge is 0.0471 e. The van der Waals surface area contributed by atoms with Crippen molar-refractivity contribution in [1.82, 2.24) is 10.3 Å². The Hall–Kier alpha value is -0.890. The number of pyridine rings is 1. The lowest BCUT2D eigenvalue weighted by atomic mass is 9.68. The minimum Gasteiger partial charge on any atom is -0.312 e. The first-order chi connectivity index (χ1) is 9.30. The third-order valence-electron chi connectivity index (χ3n) is 4.56. The van der Waals surface area contributed by atoms with E-state index in [0.29, 0.717) is 11.3 Å². The third kappa shape index (κ3) is 3.82. The molecular weight excluding hydrogens is 244 g/mol. The molecule has 1 aliphatic rings. The van der Waals surface area contributed by atoms with E-state index in [1.54, 1.807) is 0 Å². The summed E-state index contributed by atoms with van der Waals surface area (Å²) in [4.78, 5) is 4.70. The number of aromatic nitrogens is 1. The Kier molecular flexibility index (Phi) is 4.53. The summed E-state index contributed by atoms with van der Waals surface area (Å²) in [7, 11) is 0. The predicted molar refractivity (Wildman–Crippen MR) is 86.1 cm³/mol. The second kappa shape index (κ2) is 5.85. The molecule has 20 heavy (non-hydrogen) atoms. The molecule has 0 saturated heterocycles. The molecule has 0 aliphatic heterocycles. The molecule has 0 aromatic carbocycles. The van der Waals surface area contributed by atoms with Gasteiger partial charge >= 0.3 is 0 Å². The van der Waals surface area contributed by atoms with Gasteiger partial charge in [-0.2, -0.15) is 0 Å². The highest BCUT2D eigenvalue weighted by Gasteiger charge is 2.34. The van der Waals surface area contributed by atoms with Gasteiger partial charge in [0, 0.05) is 23.3 Å². The van der Waals surface area contributed by atoms with E-state index in [9.17, 15) is 0 Å². The van der Waals surface area contributed by atoms with Gasteiger partial charge in [-0.25, -0.2) is 0 Å². The Morgan fingerprint density at radius 2 is 2.00 bits per heavy atom. The highest BCUT2D eigenvalue weighted by atomic mass is 14.9. The molecule has 0 spiro atoms. The standard InChI is InChI=1S/C18H30N2/c1-17(2,3)20-13-11-18(4,5)15-10-6-8-14-9-7-12-19-16(14)15/h7,9,12,15,20H,6,8,10-11,13H2,1-5H3. The summed E-state index contributed by atoms with van der Waals surface area (Å²) < 4.78 is 0. The molecule has 1 N–H and O–H groups in total. The lowest BCUT2D eigenvalue weighted by Gasteiger charge is -2.38. The Labute approximate surface area is 124 Å². The van der Waals surface area contributed by atoms with Crippen LogP contribution in [0.3, 0.4) is 0 Å². The molecule has 0 radical (unpaired) electrons. The van der Waals surface area contributed by atoms with Gasteiger partial charge in [0.25, 0.3) is 0 Å².